The van der Waals surface area contributed by atoms with E-state index in [1.165, 1.54) is 0 Å². The molecule has 2 amide bonds. The SMILES string of the molecule is CC[C@H](C(=O)NC(C)C)N(Cc1ccccc1)C(=O)CCSc1ccccc1. The number of hydrogen-bond donors (Lipinski definition) is 1. The van der Waals surface area contributed by atoms with Crippen molar-refractivity contribution in [2.24, 2.45) is 0 Å². The largest absolute Gasteiger partial charge is 0.352 e. The molecule has 1 N–H and O–H groups in total. The van der Waals surface area contributed by atoms with Crippen molar-refractivity contribution in [3.63, 3.8) is 0 Å². The van der Waals surface area contributed by atoms with Crippen molar-refractivity contribution in [3.05, 3.63) is 66.2 Å². The molecule has 0 aliphatic carbocycles. The van der Waals surface area contributed by atoms with Crippen LogP contribution in [0.25, 0.3) is 0 Å². The lowest BCUT2D eigenvalue weighted by Gasteiger charge is -2.31. The first-order valence-corrected chi connectivity index (χ1v) is 10.8. The molecule has 0 aliphatic heterocycles. The van der Waals surface area contributed by atoms with Gasteiger partial charge in [0.25, 0.3) is 0 Å². The second-order valence-electron chi connectivity index (χ2n) is 7.01. The van der Waals surface area contributed by atoms with Crippen LogP contribution in [-0.4, -0.2) is 34.6 Å². The van der Waals surface area contributed by atoms with Gasteiger partial charge in [0, 0.05) is 29.7 Å². The second-order valence-corrected chi connectivity index (χ2v) is 8.17. The lowest BCUT2D eigenvalue weighted by Crippen LogP contribution is -2.50. The molecular formula is C23H30N2O2S. The average Bonchev–Trinajstić information content (AvgIpc) is 2.69. The molecule has 1 atom stereocenters. The first-order valence-electron chi connectivity index (χ1n) is 9.82. The fourth-order valence-corrected chi connectivity index (χ4v) is 3.86. The molecule has 0 heterocycles. The van der Waals surface area contributed by atoms with Crippen LogP contribution in [0.2, 0.25) is 0 Å². The van der Waals surface area contributed by atoms with Gasteiger partial charge in [-0.3, -0.25) is 9.59 Å². The number of carbonyl (C=O) groups excluding carboxylic acids is 2. The Kier molecular flexibility index (Phi) is 9.08. The van der Waals surface area contributed by atoms with E-state index >= 15 is 0 Å². The van der Waals surface area contributed by atoms with E-state index in [0.29, 0.717) is 25.1 Å². The standard InChI is InChI=1S/C23H30N2O2S/c1-4-21(23(27)24-18(2)3)25(17-19-11-7-5-8-12-19)22(26)15-16-28-20-13-9-6-10-14-20/h5-14,18,21H,4,15-17H2,1-3H3,(H,24,27)/t21-/m1/s1. The number of thioether (sulfide) groups is 1. The van der Waals surface area contributed by atoms with Crippen LogP contribution in [0, 0.1) is 0 Å². The Bertz CT molecular complexity index is 735. The van der Waals surface area contributed by atoms with Gasteiger partial charge >= 0.3 is 0 Å². The van der Waals surface area contributed by atoms with E-state index in [1.807, 2.05) is 81.4 Å². The minimum absolute atomic E-state index is 0.0121. The van der Waals surface area contributed by atoms with Gasteiger partial charge in [0.05, 0.1) is 0 Å². The van der Waals surface area contributed by atoms with Gasteiger partial charge in [-0.1, -0.05) is 55.5 Å². The molecule has 2 aromatic carbocycles. The summed E-state index contributed by atoms with van der Waals surface area (Å²) in [6, 6.07) is 19.5. The number of amides is 2. The summed E-state index contributed by atoms with van der Waals surface area (Å²) < 4.78 is 0. The summed E-state index contributed by atoms with van der Waals surface area (Å²) in [5.41, 5.74) is 1.03. The molecule has 0 spiro atoms. The Morgan fingerprint density at radius 3 is 2.18 bits per heavy atom. The number of nitrogens with one attached hydrogen (secondary N) is 1. The van der Waals surface area contributed by atoms with E-state index < -0.39 is 6.04 Å². The predicted molar refractivity (Wildman–Crippen MR) is 116 cm³/mol. The molecule has 28 heavy (non-hydrogen) atoms. The second kappa shape index (κ2) is 11.5. The van der Waals surface area contributed by atoms with E-state index in [2.05, 4.69) is 5.32 Å². The number of hydrogen-bond acceptors (Lipinski definition) is 3. The molecule has 2 rings (SSSR count). The van der Waals surface area contributed by atoms with Gasteiger partial charge in [0.15, 0.2) is 0 Å². The molecule has 5 heteroatoms. The first kappa shape index (κ1) is 22.0. The van der Waals surface area contributed by atoms with Gasteiger partial charge < -0.3 is 10.2 Å². The molecule has 4 nitrogen and oxygen atoms in total. The minimum atomic E-state index is -0.461. The van der Waals surface area contributed by atoms with Crippen molar-refractivity contribution in [2.75, 3.05) is 5.75 Å². The highest BCUT2D eigenvalue weighted by Gasteiger charge is 2.28. The van der Waals surface area contributed by atoms with E-state index in [4.69, 9.17) is 0 Å². The summed E-state index contributed by atoms with van der Waals surface area (Å²) in [6.07, 6.45) is 0.987. The molecule has 0 saturated carbocycles. The van der Waals surface area contributed by atoms with Crippen LogP contribution in [0.3, 0.4) is 0 Å². The smallest absolute Gasteiger partial charge is 0.243 e. The summed E-state index contributed by atoms with van der Waals surface area (Å²) in [7, 11) is 0. The predicted octanol–water partition coefficient (Wildman–Crippen LogP) is 4.50. The molecule has 0 aliphatic rings. The van der Waals surface area contributed by atoms with Gasteiger partial charge in [0.1, 0.15) is 6.04 Å². The Hall–Kier alpha value is -2.27. The fourth-order valence-electron chi connectivity index (χ4n) is 3.00. The fraction of sp³-hybridized carbons (Fsp3) is 0.391. The molecule has 0 radical (unpaired) electrons. The van der Waals surface area contributed by atoms with Crippen molar-refractivity contribution in [1.82, 2.24) is 10.2 Å². The quantitative estimate of drug-likeness (QED) is 0.600. The van der Waals surface area contributed by atoms with Crippen LogP contribution in [0.5, 0.6) is 0 Å². The molecule has 2 aromatic rings. The lowest BCUT2D eigenvalue weighted by atomic mass is 10.1. The summed E-state index contributed by atoms with van der Waals surface area (Å²) in [4.78, 5) is 28.6. The molecule has 0 bridgehead atoms. The monoisotopic (exact) mass is 398 g/mol. The van der Waals surface area contributed by atoms with E-state index in [0.717, 1.165) is 10.5 Å². The van der Waals surface area contributed by atoms with Crippen molar-refractivity contribution >= 4 is 23.6 Å². The molecule has 0 aromatic heterocycles. The molecule has 0 fully saturated rings. The first-order chi connectivity index (χ1) is 13.5. The van der Waals surface area contributed by atoms with Gasteiger partial charge in [-0.25, -0.2) is 0 Å². The summed E-state index contributed by atoms with van der Waals surface area (Å²) in [6.45, 7) is 6.27. The van der Waals surface area contributed by atoms with Crippen LogP contribution in [-0.2, 0) is 16.1 Å². The van der Waals surface area contributed by atoms with Gasteiger partial charge in [0.2, 0.25) is 11.8 Å². The van der Waals surface area contributed by atoms with Gasteiger partial charge in [-0.15, -0.1) is 11.8 Å². The number of nitrogens with zero attached hydrogens (tertiary/aromatic N) is 1. The number of rotatable bonds is 10. The van der Waals surface area contributed by atoms with Crippen LogP contribution >= 0.6 is 11.8 Å². The highest BCUT2D eigenvalue weighted by atomic mass is 32.2. The van der Waals surface area contributed by atoms with Crippen LogP contribution in [0.1, 0.15) is 39.2 Å². The van der Waals surface area contributed by atoms with Crippen molar-refractivity contribution in [2.45, 2.75) is 57.1 Å². The topological polar surface area (TPSA) is 49.4 Å². The van der Waals surface area contributed by atoms with E-state index in [1.54, 1.807) is 16.7 Å². The van der Waals surface area contributed by atoms with Crippen molar-refractivity contribution in [3.8, 4) is 0 Å². The lowest BCUT2D eigenvalue weighted by molar-refractivity contribution is -0.141. The van der Waals surface area contributed by atoms with Crippen LogP contribution in [0.15, 0.2) is 65.6 Å². The summed E-state index contributed by atoms with van der Waals surface area (Å²) in [5, 5.41) is 2.96. The Morgan fingerprint density at radius 2 is 1.61 bits per heavy atom. The molecule has 0 saturated heterocycles. The van der Waals surface area contributed by atoms with Gasteiger partial charge in [-0.2, -0.15) is 0 Å². The number of carbonyl (C=O) groups is 2. The third-order valence-corrected chi connectivity index (χ3v) is 5.35. The Labute approximate surface area is 172 Å². The molecule has 150 valence electrons. The van der Waals surface area contributed by atoms with E-state index in [-0.39, 0.29) is 17.9 Å². The Morgan fingerprint density at radius 1 is 1.00 bits per heavy atom. The van der Waals surface area contributed by atoms with E-state index in [9.17, 15) is 9.59 Å². The van der Waals surface area contributed by atoms with Crippen LogP contribution in [0.4, 0.5) is 0 Å². The highest BCUT2D eigenvalue weighted by molar-refractivity contribution is 7.99. The third-order valence-electron chi connectivity index (χ3n) is 4.34. The van der Waals surface area contributed by atoms with Gasteiger partial charge in [-0.05, 0) is 38.0 Å². The molecule has 0 unspecified atom stereocenters. The summed E-state index contributed by atoms with van der Waals surface area (Å²) >= 11 is 1.66. The van der Waals surface area contributed by atoms with Crippen LogP contribution < -0.4 is 5.32 Å². The normalized spacial score (nSPS) is 11.9. The maximum absolute atomic E-state index is 13.1. The maximum atomic E-state index is 13.1. The number of benzene rings is 2. The summed E-state index contributed by atoms with van der Waals surface area (Å²) in [5.74, 6) is 0.617. The minimum Gasteiger partial charge on any atom is -0.352 e. The average molecular weight is 399 g/mol. The maximum Gasteiger partial charge on any atom is 0.243 e. The van der Waals surface area contributed by atoms with Crippen molar-refractivity contribution in [1.29, 1.82) is 0 Å². The molecular weight excluding hydrogens is 368 g/mol. The highest BCUT2D eigenvalue weighted by Crippen LogP contribution is 2.20. The zero-order valence-corrected chi connectivity index (χ0v) is 17.7. The third kappa shape index (κ3) is 7.04. The zero-order chi connectivity index (χ0) is 20.4. The Balaban J connectivity index is 2.09. The van der Waals surface area contributed by atoms with Crippen molar-refractivity contribution < 1.29 is 9.59 Å². The zero-order valence-electron chi connectivity index (χ0n) is 16.9.